The van der Waals surface area contributed by atoms with E-state index in [1.807, 2.05) is 64.9 Å². The number of amides is 2. The number of fused-ring (bicyclic) bond motifs is 37. The second kappa shape index (κ2) is 12.8. The predicted octanol–water partition coefficient (Wildman–Crippen LogP) is 6.40. The molecule has 0 spiro atoms. The van der Waals surface area contributed by atoms with E-state index in [0.717, 1.165) is 102 Å². The monoisotopic (exact) mass is 886 g/mol. The molecule has 2 amide bonds. The number of carbonyl (C=O) groups excluding carboxylic acids is 2. The van der Waals surface area contributed by atoms with Crippen LogP contribution in [-0.4, -0.2) is 91.3 Å². The van der Waals surface area contributed by atoms with E-state index in [-0.39, 0.29) is 45.3 Å². The Labute approximate surface area is 379 Å². The molecule has 0 aromatic carbocycles. The van der Waals surface area contributed by atoms with Crippen molar-refractivity contribution in [3.8, 4) is 0 Å². The van der Waals surface area contributed by atoms with E-state index in [1.54, 1.807) is 0 Å². The molecule has 0 aromatic heterocycles. The summed E-state index contributed by atoms with van der Waals surface area (Å²) in [5.41, 5.74) is 10.5. The molecule has 63 heavy (non-hydrogen) atoms. The quantitative estimate of drug-likeness (QED) is 0.118. The maximum Gasteiger partial charge on any atom is 0.248 e. The van der Waals surface area contributed by atoms with Crippen molar-refractivity contribution < 1.29 is 28.5 Å². The summed E-state index contributed by atoms with van der Waals surface area (Å²) in [4.78, 5) is 29.0. The number of hydrogen-bond donors (Lipinski definition) is 2. The van der Waals surface area contributed by atoms with Crippen molar-refractivity contribution in [2.24, 2.45) is 140 Å². The lowest BCUT2D eigenvalue weighted by atomic mass is 9.12. The van der Waals surface area contributed by atoms with E-state index >= 15 is 0 Å². The van der Waals surface area contributed by atoms with Crippen molar-refractivity contribution >= 4 is 33.4 Å². The molecule has 14 aliphatic carbocycles. The molecule has 24 atom stereocenters. The SMILES string of the molecule is COC[C@]12[C@@H]3[C@@H]4C[C@@H]([C@@H]5[C@H]4[C@@]4(COC)[C@@H]6[C@@H]7C[C@@H]([C@H]8[C@H]9CSSC[C@@H]9[C@@H]78)[C@@H]6[C@@]54COC)[C@@H]3[C@@]1(COC)[C@@H]1[C@@H]3C[C@@H]([C@H]4C(C(=O)NCC5=C=CC=C5)=C(C(=O)NCC5=C=CC=C5)[C@@H]34)[C@@H]12. The minimum Gasteiger partial charge on any atom is -0.384 e. The molecule has 1 aliphatic heterocycles. The number of methoxy groups -OCH3 is 4. The highest BCUT2D eigenvalue weighted by molar-refractivity contribution is 8.76. The molecule has 2 N–H and O–H groups in total. The van der Waals surface area contributed by atoms with Crippen molar-refractivity contribution in [3.63, 3.8) is 0 Å². The number of ether oxygens (including phenoxy) is 4. The maximum atomic E-state index is 14.5. The molecule has 1 heterocycles. The van der Waals surface area contributed by atoms with Gasteiger partial charge >= 0.3 is 0 Å². The van der Waals surface area contributed by atoms with Crippen LogP contribution in [0.1, 0.15) is 19.3 Å². The fraction of sp³-hybridized carbons (Fsp3) is 0.736. The van der Waals surface area contributed by atoms with Crippen molar-refractivity contribution in [3.05, 3.63) is 70.2 Å². The van der Waals surface area contributed by atoms with Crippen LogP contribution in [0, 0.1) is 140 Å². The molecule has 0 aromatic rings. The maximum absolute atomic E-state index is 14.5. The number of hydrogen-bond acceptors (Lipinski definition) is 8. The summed E-state index contributed by atoms with van der Waals surface area (Å²) in [6.07, 6.45) is 15.6. The zero-order valence-electron chi connectivity index (χ0n) is 37.1. The third kappa shape index (κ3) is 3.87. The molecule has 6 bridgehead atoms. The standard InChI is InChI=1S/C53H62N2O6S2/c1-58-20-50-40-26-13-27(35-33-19-63-62-18-32(33)34(26)35)41(40)51(50,21-59-2)45-31-15-30(44(45)50)46-47(31)53(23-61-4)43-29-14-28(42(43)52(46,53)22-60-3)36-37(29)39(49(57)55-17-25-11-7-8-12-25)38(36)48(56)54-16-24-9-5-6-10-24/h5-9,11,26-37,40-47H,13-23H2,1-4H3,(H,54,56)(H,55,57)/t26-,27+,28+,29-,30-,31+,32-,33-,34-,35+,36-,37+,40-,41+,42+,43-,44+,45-,46-,47+,50-,51+,52+,53-/m0/s1. The molecule has 15 aliphatic rings. The zero-order valence-corrected chi connectivity index (χ0v) is 38.7. The molecular formula is C53H62N2O6S2. The normalized spacial score (nSPS) is 56.2. The van der Waals surface area contributed by atoms with Crippen LogP contribution in [0.2, 0.25) is 0 Å². The smallest absolute Gasteiger partial charge is 0.248 e. The minimum atomic E-state index is -0.0704. The van der Waals surface area contributed by atoms with E-state index < -0.39 is 0 Å². The Morgan fingerprint density at radius 1 is 0.540 bits per heavy atom. The Morgan fingerprint density at radius 2 is 0.889 bits per heavy atom. The van der Waals surface area contributed by atoms with Gasteiger partial charge in [-0.2, -0.15) is 0 Å². The van der Waals surface area contributed by atoms with Crippen LogP contribution in [0.3, 0.4) is 0 Å². The molecule has 15 rings (SSSR count). The van der Waals surface area contributed by atoms with Crippen molar-refractivity contribution in [2.45, 2.75) is 19.3 Å². The van der Waals surface area contributed by atoms with Crippen LogP contribution in [0.25, 0.3) is 0 Å². The second-order valence-corrected chi connectivity index (χ2v) is 26.0. The lowest BCUT2D eigenvalue weighted by Gasteiger charge is -2.92. The first-order valence-electron chi connectivity index (χ1n) is 24.7. The first-order valence-corrected chi connectivity index (χ1v) is 27.1. The third-order valence-corrected chi connectivity index (χ3v) is 26.0. The lowest BCUT2D eigenvalue weighted by Crippen LogP contribution is -2.92. The highest BCUT2D eigenvalue weighted by Crippen LogP contribution is 3.02. The molecule has 0 unspecified atom stereocenters. The summed E-state index contributed by atoms with van der Waals surface area (Å²) < 4.78 is 26.1. The molecule has 12 fully saturated rings. The molecule has 0 radical (unpaired) electrons. The number of carbonyl (C=O) groups is 2. The predicted molar refractivity (Wildman–Crippen MR) is 240 cm³/mol. The Kier molecular flexibility index (Phi) is 7.90. The van der Waals surface area contributed by atoms with Crippen LogP contribution in [-0.2, 0) is 28.5 Å². The molecule has 11 saturated carbocycles. The van der Waals surface area contributed by atoms with E-state index in [9.17, 15) is 9.59 Å². The van der Waals surface area contributed by atoms with Gasteiger partial charge in [0.1, 0.15) is 0 Å². The first-order chi connectivity index (χ1) is 30.9. The fourth-order valence-corrected chi connectivity index (χ4v) is 26.6. The van der Waals surface area contributed by atoms with Gasteiger partial charge in [0, 0.05) is 95.7 Å². The van der Waals surface area contributed by atoms with Gasteiger partial charge in [0.05, 0.1) is 39.5 Å². The summed E-state index contributed by atoms with van der Waals surface area (Å²) in [5.74, 6) is 15.7. The van der Waals surface area contributed by atoms with E-state index in [4.69, 9.17) is 18.9 Å². The lowest BCUT2D eigenvalue weighted by molar-refractivity contribution is -0.477. The molecule has 332 valence electrons. The zero-order chi connectivity index (χ0) is 42.1. The highest BCUT2D eigenvalue weighted by Gasteiger charge is 3.01. The summed E-state index contributed by atoms with van der Waals surface area (Å²) in [7, 11) is 12.2. The van der Waals surface area contributed by atoms with Gasteiger partial charge in [0.25, 0.3) is 0 Å². The van der Waals surface area contributed by atoms with Gasteiger partial charge < -0.3 is 29.6 Å². The molecule has 10 heteroatoms. The van der Waals surface area contributed by atoms with Crippen molar-refractivity contribution in [1.29, 1.82) is 0 Å². The van der Waals surface area contributed by atoms with Gasteiger partial charge in [-0.05, 0) is 150 Å². The Balaban J connectivity index is 0.807. The van der Waals surface area contributed by atoms with E-state index in [1.165, 1.54) is 24.3 Å². The average molecular weight is 887 g/mol. The third-order valence-electron chi connectivity index (χ3n) is 23.4. The van der Waals surface area contributed by atoms with Gasteiger partial charge in [0.15, 0.2) is 0 Å². The summed E-state index contributed by atoms with van der Waals surface area (Å²) >= 11 is 0. The molecular weight excluding hydrogens is 825 g/mol. The summed E-state index contributed by atoms with van der Waals surface area (Å²) in [5, 5.41) is 6.50. The Bertz CT molecular complexity index is 2220. The van der Waals surface area contributed by atoms with Crippen LogP contribution in [0.5, 0.6) is 0 Å². The number of allylic oxidation sites excluding steroid dienone is 2. The first kappa shape index (κ1) is 38.8. The second-order valence-electron chi connectivity index (χ2n) is 23.5. The molecule has 1 saturated heterocycles. The molecule has 8 nitrogen and oxygen atoms in total. The minimum absolute atomic E-state index is 0.0359. The van der Waals surface area contributed by atoms with Gasteiger partial charge in [0.2, 0.25) is 11.8 Å². The van der Waals surface area contributed by atoms with E-state index in [0.29, 0.717) is 72.3 Å². The van der Waals surface area contributed by atoms with Crippen LogP contribution >= 0.6 is 21.6 Å². The summed E-state index contributed by atoms with van der Waals surface area (Å²) in [6, 6.07) is 0. The fourth-order valence-electron chi connectivity index (χ4n) is 23.6. The average Bonchev–Trinajstić information content (AvgIpc) is 4.14. The van der Waals surface area contributed by atoms with Gasteiger partial charge in [-0.25, -0.2) is 0 Å². The topological polar surface area (TPSA) is 95.1 Å². The van der Waals surface area contributed by atoms with Crippen LogP contribution < -0.4 is 10.6 Å². The number of nitrogens with one attached hydrogen (secondary N) is 2. The Morgan fingerprint density at radius 3 is 1.25 bits per heavy atom. The van der Waals surface area contributed by atoms with Crippen LogP contribution in [0.15, 0.2) is 70.2 Å². The highest BCUT2D eigenvalue weighted by atomic mass is 33.1. The Hall–Kier alpha value is -2.26. The van der Waals surface area contributed by atoms with Crippen LogP contribution in [0.4, 0.5) is 0 Å². The van der Waals surface area contributed by atoms with Crippen molar-refractivity contribution in [1.82, 2.24) is 10.6 Å². The summed E-state index contributed by atoms with van der Waals surface area (Å²) in [6.45, 7) is 4.20. The number of rotatable bonds is 14. The van der Waals surface area contributed by atoms with Gasteiger partial charge in [-0.15, -0.1) is 11.5 Å². The van der Waals surface area contributed by atoms with Gasteiger partial charge in [-0.3, -0.25) is 9.59 Å². The van der Waals surface area contributed by atoms with Crippen molar-refractivity contribution in [2.75, 3.05) is 79.5 Å². The van der Waals surface area contributed by atoms with E-state index in [2.05, 4.69) is 43.7 Å². The largest absolute Gasteiger partial charge is 0.384 e. The van der Waals surface area contributed by atoms with Gasteiger partial charge in [-0.1, -0.05) is 33.7 Å².